The molecule has 0 saturated heterocycles. The Morgan fingerprint density at radius 3 is 2.65 bits per heavy atom. The van der Waals surface area contributed by atoms with Crippen LogP contribution in [0.5, 0.6) is 11.5 Å². The zero-order valence-electron chi connectivity index (χ0n) is 13.2. The molecule has 0 spiro atoms. The Bertz CT molecular complexity index is 725. The molecular weight excluding hydrogens is 296 g/mol. The van der Waals surface area contributed by atoms with Crippen molar-refractivity contribution < 1.29 is 14.3 Å². The predicted octanol–water partition coefficient (Wildman–Crippen LogP) is 1.57. The highest BCUT2D eigenvalue weighted by molar-refractivity contribution is 5.75. The smallest absolute Gasteiger partial charge is 0.250 e. The SMILES string of the molecule is COc1cccc(CNC(=O)CCn2ccccc2=O)c1OC. The monoisotopic (exact) mass is 316 g/mol. The van der Waals surface area contributed by atoms with Crippen LogP contribution >= 0.6 is 0 Å². The molecule has 0 fully saturated rings. The van der Waals surface area contributed by atoms with Gasteiger partial charge in [-0.05, 0) is 12.1 Å². The molecule has 0 unspecified atom stereocenters. The molecule has 0 aliphatic heterocycles. The summed E-state index contributed by atoms with van der Waals surface area (Å²) in [7, 11) is 3.13. The Morgan fingerprint density at radius 1 is 1.13 bits per heavy atom. The molecule has 6 heteroatoms. The summed E-state index contributed by atoms with van der Waals surface area (Å²) in [6.45, 7) is 0.684. The zero-order chi connectivity index (χ0) is 16.7. The summed E-state index contributed by atoms with van der Waals surface area (Å²) in [6.07, 6.45) is 1.90. The van der Waals surface area contributed by atoms with E-state index in [4.69, 9.17) is 9.47 Å². The lowest BCUT2D eigenvalue weighted by molar-refractivity contribution is -0.121. The van der Waals surface area contributed by atoms with Gasteiger partial charge in [0.05, 0.1) is 14.2 Å². The van der Waals surface area contributed by atoms with Gasteiger partial charge in [0.15, 0.2) is 11.5 Å². The van der Waals surface area contributed by atoms with Crippen molar-refractivity contribution in [3.05, 3.63) is 58.5 Å². The summed E-state index contributed by atoms with van der Waals surface area (Å²) in [5, 5.41) is 2.82. The van der Waals surface area contributed by atoms with E-state index in [0.717, 1.165) is 5.56 Å². The zero-order valence-corrected chi connectivity index (χ0v) is 13.2. The summed E-state index contributed by atoms with van der Waals surface area (Å²) in [4.78, 5) is 23.5. The van der Waals surface area contributed by atoms with Crippen LogP contribution < -0.4 is 20.3 Å². The van der Waals surface area contributed by atoms with Gasteiger partial charge in [-0.25, -0.2) is 0 Å². The van der Waals surface area contributed by atoms with Gasteiger partial charge in [-0.15, -0.1) is 0 Å². The maximum absolute atomic E-state index is 12.0. The standard InChI is InChI=1S/C17H20N2O4/c1-22-14-7-5-6-13(17(14)23-2)12-18-15(20)9-11-19-10-4-3-8-16(19)21/h3-8,10H,9,11-12H2,1-2H3,(H,18,20). The molecule has 122 valence electrons. The first kappa shape index (κ1) is 16.6. The van der Waals surface area contributed by atoms with Crippen molar-refractivity contribution >= 4 is 5.91 Å². The van der Waals surface area contributed by atoms with Crippen LogP contribution in [0.1, 0.15) is 12.0 Å². The third-order valence-electron chi connectivity index (χ3n) is 3.44. The van der Waals surface area contributed by atoms with E-state index in [1.165, 1.54) is 10.6 Å². The van der Waals surface area contributed by atoms with Crippen molar-refractivity contribution in [1.82, 2.24) is 9.88 Å². The Kier molecular flexibility index (Phi) is 5.80. The van der Waals surface area contributed by atoms with Gasteiger partial charge in [-0.2, -0.15) is 0 Å². The minimum atomic E-state index is -0.134. The number of carbonyl (C=O) groups excluding carboxylic acids is 1. The van der Waals surface area contributed by atoms with Crippen molar-refractivity contribution in [2.75, 3.05) is 14.2 Å². The molecule has 0 saturated carbocycles. The third kappa shape index (κ3) is 4.35. The number of aromatic nitrogens is 1. The number of amides is 1. The summed E-state index contributed by atoms with van der Waals surface area (Å²) < 4.78 is 12.1. The first-order chi connectivity index (χ1) is 11.2. The van der Waals surface area contributed by atoms with Crippen LogP contribution in [0.4, 0.5) is 0 Å². The van der Waals surface area contributed by atoms with Gasteiger partial charge in [-0.3, -0.25) is 9.59 Å². The van der Waals surface area contributed by atoms with Gasteiger partial charge in [0.2, 0.25) is 5.91 Å². The maximum Gasteiger partial charge on any atom is 0.250 e. The number of hydrogen-bond donors (Lipinski definition) is 1. The first-order valence-corrected chi connectivity index (χ1v) is 7.27. The average Bonchev–Trinajstić information content (AvgIpc) is 2.58. The van der Waals surface area contributed by atoms with Gasteiger partial charge < -0.3 is 19.4 Å². The molecule has 1 aromatic carbocycles. The van der Waals surface area contributed by atoms with Gasteiger partial charge in [0.25, 0.3) is 5.56 Å². The molecule has 23 heavy (non-hydrogen) atoms. The Hall–Kier alpha value is -2.76. The fourth-order valence-electron chi connectivity index (χ4n) is 2.24. The van der Waals surface area contributed by atoms with E-state index < -0.39 is 0 Å². The summed E-state index contributed by atoms with van der Waals surface area (Å²) in [5.74, 6) is 1.09. The Morgan fingerprint density at radius 2 is 1.96 bits per heavy atom. The van der Waals surface area contributed by atoms with Gasteiger partial charge >= 0.3 is 0 Å². The molecule has 0 aliphatic carbocycles. The van der Waals surface area contributed by atoms with E-state index in [1.807, 2.05) is 12.1 Å². The first-order valence-electron chi connectivity index (χ1n) is 7.27. The number of hydrogen-bond acceptors (Lipinski definition) is 4. The van der Waals surface area contributed by atoms with Crippen molar-refractivity contribution in [3.8, 4) is 11.5 Å². The number of rotatable bonds is 7. The molecule has 1 aromatic heterocycles. The number of aryl methyl sites for hydroxylation is 1. The van der Waals surface area contributed by atoms with Crippen molar-refractivity contribution in [2.24, 2.45) is 0 Å². The van der Waals surface area contributed by atoms with Crippen LogP contribution in [0.15, 0.2) is 47.4 Å². The van der Waals surface area contributed by atoms with Crippen LogP contribution in [0, 0.1) is 0 Å². The van der Waals surface area contributed by atoms with Gasteiger partial charge in [-0.1, -0.05) is 18.2 Å². The number of carbonyl (C=O) groups is 1. The van der Waals surface area contributed by atoms with Crippen molar-refractivity contribution in [3.63, 3.8) is 0 Å². The molecular formula is C17H20N2O4. The molecule has 0 atom stereocenters. The van der Waals surface area contributed by atoms with Crippen LogP contribution in [-0.4, -0.2) is 24.7 Å². The molecule has 0 aliphatic rings. The summed E-state index contributed by atoms with van der Waals surface area (Å²) in [6, 6.07) is 10.4. The summed E-state index contributed by atoms with van der Waals surface area (Å²) >= 11 is 0. The number of methoxy groups -OCH3 is 2. The minimum Gasteiger partial charge on any atom is -0.493 e. The van der Waals surface area contributed by atoms with Gasteiger partial charge in [0, 0.05) is 37.3 Å². The van der Waals surface area contributed by atoms with Crippen LogP contribution in [0.2, 0.25) is 0 Å². The van der Waals surface area contributed by atoms with Crippen LogP contribution in [-0.2, 0) is 17.9 Å². The topological polar surface area (TPSA) is 69.6 Å². The maximum atomic E-state index is 12.0. The van der Waals surface area contributed by atoms with E-state index in [-0.39, 0.29) is 17.9 Å². The van der Waals surface area contributed by atoms with E-state index in [1.54, 1.807) is 38.6 Å². The highest BCUT2D eigenvalue weighted by Gasteiger charge is 2.10. The number of pyridine rings is 1. The number of para-hydroxylation sites is 1. The predicted molar refractivity (Wildman–Crippen MR) is 86.7 cm³/mol. The molecule has 2 rings (SSSR count). The van der Waals surface area contributed by atoms with Crippen molar-refractivity contribution in [1.29, 1.82) is 0 Å². The average molecular weight is 316 g/mol. The molecule has 0 bridgehead atoms. The normalized spacial score (nSPS) is 10.2. The second-order valence-corrected chi connectivity index (χ2v) is 4.91. The quantitative estimate of drug-likeness (QED) is 0.842. The number of nitrogens with zero attached hydrogens (tertiary/aromatic N) is 1. The van der Waals surface area contributed by atoms with E-state index in [2.05, 4.69) is 5.32 Å². The van der Waals surface area contributed by atoms with Crippen LogP contribution in [0.3, 0.4) is 0 Å². The number of nitrogens with one attached hydrogen (secondary N) is 1. The molecule has 1 heterocycles. The third-order valence-corrected chi connectivity index (χ3v) is 3.44. The number of benzene rings is 1. The van der Waals surface area contributed by atoms with Crippen molar-refractivity contribution in [2.45, 2.75) is 19.5 Å². The molecule has 2 aromatic rings. The summed E-state index contributed by atoms with van der Waals surface area (Å²) in [5.41, 5.74) is 0.715. The Balaban J connectivity index is 1.92. The lowest BCUT2D eigenvalue weighted by Crippen LogP contribution is -2.26. The van der Waals surface area contributed by atoms with Gasteiger partial charge in [0.1, 0.15) is 0 Å². The molecule has 0 radical (unpaired) electrons. The van der Waals surface area contributed by atoms with E-state index in [9.17, 15) is 9.59 Å². The fraction of sp³-hybridized carbons (Fsp3) is 0.294. The second kappa shape index (κ2) is 8.03. The highest BCUT2D eigenvalue weighted by atomic mass is 16.5. The fourth-order valence-corrected chi connectivity index (χ4v) is 2.24. The molecule has 1 N–H and O–H groups in total. The highest BCUT2D eigenvalue weighted by Crippen LogP contribution is 2.30. The van der Waals surface area contributed by atoms with E-state index >= 15 is 0 Å². The largest absolute Gasteiger partial charge is 0.493 e. The van der Waals surface area contributed by atoms with Crippen LogP contribution in [0.25, 0.3) is 0 Å². The number of ether oxygens (including phenoxy) is 2. The minimum absolute atomic E-state index is 0.116. The lowest BCUT2D eigenvalue weighted by atomic mass is 10.2. The second-order valence-electron chi connectivity index (χ2n) is 4.91. The molecule has 1 amide bonds. The Labute approximate surface area is 134 Å². The lowest BCUT2D eigenvalue weighted by Gasteiger charge is -2.13. The van der Waals surface area contributed by atoms with E-state index in [0.29, 0.717) is 24.6 Å². The molecule has 6 nitrogen and oxygen atoms in total.